The number of hydrogen-bond acceptors (Lipinski definition) is 8. The number of anilines is 1. The number of halogens is 7. The van der Waals surface area contributed by atoms with E-state index in [9.17, 15) is 40.3 Å². The molecule has 0 aliphatic rings. The minimum atomic E-state index is -4.98. The fraction of sp³-hybridized carbons (Fsp3) is 0.320. The van der Waals surface area contributed by atoms with Crippen LogP contribution in [-0.4, -0.2) is 54.8 Å². The topological polar surface area (TPSA) is 135 Å². The summed E-state index contributed by atoms with van der Waals surface area (Å²) in [4.78, 5) is 32.1. The first kappa shape index (κ1) is 30.4. The van der Waals surface area contributed by atoms with Crippen molar-refractivity contribution in [3.05, 3.63) is 75.1 Å². The molecule has 3 heterocycles. The number of aliphatic hydroxyl groups is 1. The van der Waals surface area contributed by atoms with Crippen molar-refractivity contribution in [3.8, 4) is 17.1 Å². The molecule has 17 heteroatoms. The average Bonchev–Trinajstić information content (AvgIpc) is 2.90. The van der Waals surface area contributed by atoms with Crippen LogP contribution in [0, 0.1) is 5.82 Å². The predicted octanol–water partition coefficient (Wildman–Crippen LogP) is 3.89. The number of nitrogens with one attached hydrogen (secondary N) is 2. The smallest absolute Gasteiger partial charge is 0.423 e. The number of aliphatic hydroxyl groups excluding tert-OH is 1. The molecule has 0 saturated heterocycles. The Hall–Kier alpha value is -4.54. The van der Waals surface area contributed by atoms with Crippen LogP contribution in [0.2, 0.25) is 0 Å². The summed E-state index contributed by atoms with van der Waals surface area (Å²) in [5.74, 6) is -1.64. The van der Waals surface area contributed by atoms with Gasteiger partial charge in [-0.15, -0.1) is 0 Å². The predicted molar refractivity (Wildman–Crippen MR) is 134 cm³/mol. The van der Waals surface area contributed by atoms with Crippen LogP contribution in [-0.2, 0) is 12.7 Å². The van der Waals surface area contributed by atoms with Crippen molar-refractivity contribution in [1.82, 2.24) is 24.7 Å². The van der Waals surface area contributed by atoms with Crippen LogP contribution in [0.15, 0.2) is 52.6 Å². The Balaban J connectivity index is 1.49. The summed E-state index contributed by atoms with van der Waals surface area (Å²) in [5.41, 5.74) is -4.53. The molecule has 0 radical (unpaired) electrons. The van der Waals surface area contributed by atoms with Gasteiger partial charge in [0.05, 0.1) is 41.8 Å². The molecule has 3 aromatic heterocycles. The number of nitrogens with zero attached hydrogens (tertiary/aromatic N) is 4. The zero-order chi connectivity index (χ0) is 30.8. The molecule has 3 N–H and O–H groups in total. The highest BCUT2D eigenvalue weighted by Crippen LogP contribution is 2.32. The van der Waals surface area contributed by atoms with Gasteiger partial charge in [-0.2, -0.15) is 27.1 Å². The molecule has 4 rings (SSSR count). The van der Waals surface area contributed by atoms with E-state index in [1.807, 2.05) is 0 Å². The van der Waals surface area contributed by atoms with Crippen LogP contribution in [0.25, 0.3) is 22.2 Å². The van der Waals surface area contributed by atoms with E-state index in [-0.39, 0.29) is 28.6 Å². The first-order valence-corrected chi connectivity index (χ1v) is 12.1. The number of aromatic nitrogens is 5. The molecule has 0 aliphatic heterocycles. The van der Waals surface area contributed by atoms with Gasteiger partial charge in [0, 0.05) is 18.7 Å². The molecular weight excluding hydrogens is 581 g/mol. The molecular formula is C25H21F7N6O4. The van der Waals surface area contributed by atoms with Gasteiger partial charge in [0.25, 0.3) is 11.1 Å². The minimum Gasteiger partial charge on any atom is -0.428 e. The van der Waals surface area contributed by atoms with E-state index in [0.717, 1.165) is 29.2 Å². The number of benzene rings is 1. The van der Waals surface area contributed by atoms with E-state index in [1.165, 1.54) is 25.3 Å². The van der Waals surface area contributed by atoms with Crippen LogP contribution < -0.4 is 21.2 Å². The maximum Gasteiger partial charge on any atom is 0.423 e. The highest BCUT2D eigenvalue weighted by molar-refractivity contribution is 5.86. The number of hydrogen-bond donors (Lipinski definition) is 3. The van der Waals surface area contributed by atoms with Crippen LogP contribution >= 0.6 is 0 Å². The lowest BCUT2D eigenvalue weighted by atomic mass is 10.1. The summed E-state index contributed by atoms with van der Waals surface area (Å²) in [6.45, 7) is -0.707. The van der Waals surface area contributed by atoms with Gasteiger partial charge in [-0.3, -0.25) is 9.59 Å². The molecule has 4 aromatic rings. The van der Waals surface area contributed by atoms with E-state index in [4.69, 9.17) is 5.11 Å². The quantitative estimate of drug-likeness (QED) is 0.233. The van der Waals surface area contributed by atoms with Gasteiger partial charge in [-0.05, 0) is 30.5 Å². The second-order valence-corrected chi connectivity index (χ2v) is 9.20. The van der Waals surface area contributed by atoms with E-state index in [1.54, 1.807) is 5.10 Å². The first-order valence-electron chi connectivity index (χ1n) is 12.1. The number of aromatic amines is 1. The maximum absolute atomic E-state index is 14.9. The Bertz CT molecular complexity index is 1690. The summed E-state index contributed by atoms with van der Waals surface area (Å²) >= 11 is 0. The Morgan fingerprint density at radius 2 is 1.81 bits per heavy atom. The monoisotopic (exact) mass is 602 g/mol. The SMILES string of the molecule is C[C@H](C[C@H](F)Cn1ccc2cc(-c3ncc(OC(F)(F)CO)cn3)c(F)cc2c1=O)Nc1cn[nH]c(=O)c1C(F)(F)F. The Morgan fingerprint density at radius 1 is 1.12 bits per heavy atom. The standard InChI is InChI=1S/C25H21F7N6O4/c1-12(36-19-9-35-37-22(40)20(19)25(30,31)32)4-14(26)10-38-3-2-13-5-17(18(27)6-16(13)23(38)41)21-33-7-15(8-34-21)42-24(28,29)11-39/h2-3,5-9,12,14,39H,4,10-11H2,1H3,(H2,36,37,40)/t12-,14+/m1/s1. The minimum absolute atomic E-state index is 0.121. The maximum atomic E-state index is 14.9. The fourth-order valence-corrected chi connectivity index (χ4v) is 4.12. The van der Waals surface area contributed by atoms with Gasteiger partial charge in [-0.25, -0.2) is 23.8 Å². The summed E-state index contributed by atoms with van der Waals surface area (Å²) in [6, 6.07) is 2.60. The average molecular weight is 602 g/mol. The van der Waals surface area contributed by atoms with Crippen molar-refractivity contribution in [1.29, 1.82) is 0 Å². The van der Waals surface area contributed by atoms with Gasteiger partial charge in [-0.1, -0.05) is 0 Å². The zero-order valence-electron chi connectivity index (χ0n) is 21.4. The fourth-order valence-electron chi connectivity index (χ4n) is 4.12. The van der Waals surface area contributed by atoms with Gasteiger partial charge < -0.3 is 19.7 Å². The number of ether oxygens (including phenoxy) is 1. The van der Waals surface area contributed by atoms with E-state index >= 15 is 0 Å². The Kier molecular flexibility index (Phi) is 8.51. The molecule has 0 fully saturated rings. The lowest BCUT2D eigenvalue weighted by Gasteiger charge is -2.20. The highest BCUT2D eigenvalue weighted by Gasteiger charge is 2.37. The summed E-state index contributed by atoms with van der Waals surface area (Å²) in [6.07, 6.45) is -7.25. The summed E-state index contributed by atoms with van der Waals surface area (Å²) in [5, 5.41) is 16.1. The van der Waals surface area contributed by atoms with Crippen LogP contribution in [0.3, 0.4) is 0 Å². The number of H-pyrrole nitrogens is 1. The third kappa shape index (κ3) is 6.84. The Labute approximate surface area is 230 Å². The van der Waals surface area contributed by atoms with Crippen molar-refractivity contribution in [2.45, 2.75) is 44.4 Å². The second kappa shape index (κ2) is 11.8. The van der Waals surface area contributed by atoms with Gasteiger partial charge in [0.15, 0.2) is 11.6 Å². The Morgan fingerprint density at radius 3 is 2.45 bits per heavy atom. The van der Waals surface area contributed by atoms with E-state index in [2.05, 4.69) is 25.1 Å². The molecule has 0 spiro atoms. The van der Waals surface area contributed by atoms with Crippen molar-refractivity contribution in [2.75, 3.05) is 11.9 Å². The molecule has 10 nitrogen and oxygen atoms in total. The summed E-state index contributed by atoms with van der Waals surface area (Å²) in [7, 11) is 0. The molecule has 0 saturated carbocycles. The molecule has 0 unspecified atom stereocenters. The molecule has 0 amide bonds. The van der Waals surface area contributed by atoms with Gasteiger partial charge >= 0.3 is 12.3 Å². The summed E-state index contributed by atoms with van der Waals surface area (Å²) < 4.78 is 101. The molecule has 224 valence electrons. The lowest BCUT2D eigenvalue weighted by Crippen LogP contribution is -2.30. The van der Waals surface area contributed by atoms with Crippen LogP contribution in [0.1, 0.15) is 18.9 Å². The number of fused-ring (bicyclic) bond motifs is 1. The largest absolute Gasteiger partial charge is 0.428 e. The first-order chi connectivity index (χ1) is 19.7. The van der Waals surface area contributed by atoms with Crippen LogP contribution in [0.4, 0.5) is 36.4 Å². The van der Waals surface area contributed by atoms with Crippen molar-refractivity contribution in [2.24, 2.45) is 0 Å². The van der Waals surface area contributed by atoms with Gasteiger partial charge in [0.2, 0.25) is 0 Å². The zero-order valence-corrected chi connectivity index (χ0v) is 21.4. The van der Waals surface area contributed by atoms with Crippen molar-refractivity contribution < 1.29 is 40.6 Å². The van der Waals surface area contributed by atoms with Crippen molar-refractivity contribution in [3.63, 3.8) is 0 Å². The lowest BCUT2D eigenvalue weighted by molar-refractivity contribution is -0.201. The number of alkyl halides is 6. The molecule has 0 aliphatic carbocycles. The normalized spacial score (nSPS) is 13.6. The van der Waals surface area contributed by atoms with E-state index < -0.39 is 71.6 Å². The molecule has 0 bridgehead atoms. The third-order valence-electron chi connectivity index (χ3n) is 5.93. The molecule has 2 atom stereocenters. The number of rotatable bonds is 10. The van der Waals surface area contributed by atoms with Gasteiger partial charge in [0.1, 0.15) is 24.2 Å². The van der Waals surface area contributed by atoms with Crippen LogP contribution in [0.5, 0.6) is 5.75 Å². The van der Waals surface area contributed by atoms with Crippen molar-refractivity contribution >= 4 is 16.5 Å². The third-order valence-corrected chi connectivity index (χ3v) is 5.93. The molecule has 42 heavy (non-hydrogen) atoms. The highest BCUT2D eigenvalue weighted by atomic mass is 19.4. The number of pyridine rings is 1. The second-order valence-electron chi connectivity index (χ2n) is 9.20. The molecule has 1 aromatic carbocycles. The van der Waals surface area contributed by atoms with E-state index in [0.29, 0.717) is 0 Å².